The number of carbonyl (C=O) groups excluding carboxylic acids is 1. The van der Waals surface area contributed by atoms with Crippen molar-refractivity contribution < 1.29 is 14.7 Å². The molecule has 0 radical (unpaired) electrons. The van der Waals surface area contributed by atoms with Crippen LogP contribution in [0.3, 0.4) is 0 Å². The van der Waals surface area contributed by atoms with Crippen LogP contribution in [0.15, 0.2) is 35.5 Å². The standard InChI is InChI=1S/C29H44O3/c1-18(2)16-21(30)17-20(5)22-12-14-29(7)24(22)9-11-25-26(29)10-8-23(19(3)4)28(25,6)15-13-27(31)32/h10,16,20,22-25H,3,8-9,11-15,17H2,1-2,4-7H3,(H,31,32)/t20-,22-,23+,24-,25+,28+,29-/m1/s1. The van der Waals surface area contributed by atoms with Crippen LogP contribution < -0.4 is 0 Å². The Labute approximate surface area is 195 Å². The Bertz CT molecular complexity index is 829. The van der Waals surface area contributed by atoms with Gasteiger partial charge in [0.1, 0.15) is 0 Å². The predicted molar refractivity (Wildman–Crippen MR) is 131 cm³/mol. The lowest BCUT2D eigenvalue weighted by Crippen LogP contribution is -2.48. The van der Waals surface area contributed by atoms with Gasteiger partial charge in [-0.05, 0) is 106 Å². The third kappa shape index (κ3) is 4.54. The highest BCUT2D eigenvalue weighted by Crippen LogP contribution is 2.66. The van der Waals surface area contributed by atoms with Crippen LogP contribution in [-0.2, 0) is 9.59 Å². The molecule has 3 rings (SSSR count). The van der Waals surface area contributed by atoms with Crippen molar-refractivity contribution in [2.45, 2.75) is 92.9 Å². The third-order valence-corrected chi connectivity index (χ3v) is 9.48. The van der Waals surface area contributed by atoms with Crippen molar-refractivity contribution in [3.05, 3.63) is 35.5 Å². The topological polar surface area (TPSA) is 54.4 Å². The number of ketones is 1. The number of carbonyl (C=O) groups is 2. The van der Waals surface area contributed by atoms with Crippen LogP contribution >= 0.6 is 0 Å². The van der Waals surface area contributed by atoms with Gasteiger partial charge in [-0.25, -0.2) is 0 Å². The summed E-state index contributed by atoms with van der Waals surface area (Å²) in [4.78, 5) is 23.9. The Morgan fingerprint density at radius 3 is 2.50 bits per heavy atom. The number of carboxylic acids is 1. The van der Waals surface area contributed by atoms with Crippen molar-refractivity contribution in [2.24, 2.45) is 40.4 Å². The van der Waals surface area contributed by atoms with Gasteiger partial charge in [0.05, 0.1) is 0 Å². The first-order valence-electron chi connectivity index (χ1n) is 12.7. The van der Waals surface area contributed by atoms with E-state index < -0.39 is 5.97 Å². The molecule has 3 aliphatic carbocycles. The van der Waals surface area contributed by atoms with Crippen LogP contribution in [0, 0.1) is 40.4 Å². The molecule has 3 nitrogen and oxygen atoms in total. The monoisotopic (exact) mass is 440 g/mol. The largest absolute Gasteiger partial charge is 0.481 e. The fraction of sp³-hybridized carbons (Fsp3) is 0.724. The van der Waals surface area contributed by atoms with E-state index in [-0.39, 0.29) is 23.0 Å². The van der Waals surface area contributed by atoms with Gasteiger partial charge in [0.2, 0.25) is 0 Å². The van der Waals surface area contributed by atoms with Crippen molar-refractivity contribution in [2.75, 3.05) is 0 Å². The summed E-state index contributed by atoms with van der Waals surface area (Å²) in [5.74, 6) is 2.01. The Morgan fingerprint density at radius 1 is 1.22 bits per heavy atom. The lowest BCUT2D eigenvalue weighted by atomic mass is 9.48. The Hall–Kier alpha value is -1.64. The molecule has 3 aliphatic rings. The SMILES string of the molecule is C=C(C)[C@@H]1CC=C2[C@H](CC[C@@H]3[C@@H]([C@H](C)CC(=O)C=C(C)C)CC[C@@]23C)[C@@]1(C)CCC(=O)O. The number of allylic oxidation sites excluding steroid dienone is 5. The van der Waals surface area contributed by atoms with E-state index in [4.69, 9.17) is 0 Å². The summed E-state index contributed by atoms with van der Waals surface area (Å²) in [5, 5.41) is 9.43. The minimum absolute atomic E-state index is 0.0363. The molecule has 2 saturated carbocycles. The molecule has 0 bridgehead atoms. The van der Waals surface area contributed by atoms with Gasteiger partial charge < -0.3 is 5.11 Å². The number of carboxylic acid groups (broad SMARTS) is 1. The highest BCUT2D eigenvalue weighted by molar-refractivity contribution is 5.90. The van der Waals surface area contributed by atoms with Crippen LogP contribution in [0.2, 0.25) is 0 Å². The van der Waals surface area contributed by atoms with Crippen molar-refractivity contribution in [3.8, 4) is 0 Å². The molecule has 32 heavy (non-hydrogen) atoms. The fourth-order valence-corrected chi connectivity index (χ4v) is 7.95. The van der Waals surface area contributed by atoms with E-state index in [0.717, 1.165) is 24.8 Å². The van der Waals surface area contributed by atoms with Gasteiger partial charge in [-0.3, -0.25) is 9.59 Å². The summed E-state index contributed by atoms with van der Waals surface area (Å²) < 4.78 is 0. The van der Waals surface area contributed by atoms with Gasteiger partial charge in [0.15, 0.2) is 5.78 Å². The molecule has 7 atom stereocenters. The van der Waals surface area contributed by atoms with Crippen LogP contribution in [-0.4, -0.2) is 16.9 Å². The molecule has 0 aromatic heterocycles. The Balaban J connectivity index is 1.86. The molecule has 1 N–H and O–H groups in total. The van der Waals surface area contributed by atoms with E-state index in [1.807, 2.05) is 13.8 Å². The molecule has 0 unspecified atom stereocenters. The predicted octanol–water partition coefficient (Wildman–Crippen LogP) is 7.38. The highest BCUT2D eigenvalue weighted by atomic mass is 16.4. The van der Waals surface area contributed by atoms with E-state index in [2.05, 4.69) is 40.3 Å². The zero-order chi connectivity index (χ0) is 23.8. The van der Waals surface area contributed by atoms with Gasteiger partial charge in [-0.2, -0.15) is 0 Å². The Kier molecular flexibility index (Phi) is 7.27. The van der Waals surface area contributed by atoms with Crippen molar-refractivity contribution in [1.29, 1.82) is 0 Å². The van der Waals surface area contributed by atoms with E-state index in [9.17, 15) is 14.7 Å². The zero-order valence-electron chi connectivity index (χ0n) is 21.2. The molecule has 0 spiro atoms. The van der Waals surface area contributed by atoms with Crippen LogP contribution in [0.1, 0.15) is 92.9 Å². The molecule has 178 valence electrons. The van der Waals surface area contributed by atoms with Gasteiger partial charge in [0, 0.05) is 12.8 Å². The minimum Gasteiger partial charge on any atom is -0.481 e. The molecular formula is C29H44O3. The second-order valence-corrected chi connectivity index (χ2v) is 11.9. The first-order valence-corrected chi connectivity index (χ1v) is 12.7. The summed E-state index contributed by atoms with van der Waals surface area (Å²) >= 11 is 0. The van der Waals surface area contributed by atoms with E-state index in [0.29, 0.717) is 36.0 Å². The van der Waals surface area contributed by atoms with Crippen LogP contribution in [0.5, 0.6) is 0 Å². The van der Waals surface area contributed by atoms with E-state index in [1.165, 1.54) is 24.8 Å². The molecule has 2 fully saturated rings. The molecular weight excluding hydrogens is 396 g/mol. The fourth-order valence-electron chi connectivity index (χ4n) is 7.95. The number of hydrogen-bond donors (Lipinski definition) is 1. The van der Waals surface area contributed by atoms with Crippen molar-refractivity contribution in [3.63, 3.8) is 0 Å². The maximum atomic E-state index is 12.5. The van der Waals surface area contributed by atoms with Crippen molar-refractivity contribution >= 4 is 11.8 Å². The first kappa shape index (κ1) is 25.0. The average Bonchev–Trinajstić information content (AvgIpc) is 3.03. The maximum absolute atomic E-state index is 12.5. The van der Waals surface area contributed by atoms with Gasteiger partial charge in [-0.1, -0.05) is 50.1 Å². The summed E-state index contributed by atoms with van der Waals surface area (Å²) in [5.41, 5.74) is 4.02. The maximum Gasteiger partial charge on any atom is 0.303 e. The lowest BCUT2D eigenvalue weighted by Gasteiger charge is -2.56. The van der Waals surface area contributed by atoms with Gasteiger partial charge >= 0.3 is 5.97 Å². The average molecular weight is 441 g/mol. The zero-order valence-corrected chi connectivity index (χ0v) is 21.2. The van der Waals surface area contributed by atoms with Crippen LogP contribution in [0.4, 0.5) is 0 Å². The van der Waals surface area contributed by atoms with Gasteiger partial charge in [0.25, 0.3) is 0 Å². The molecule has 3 heteroatoms. The second-order valence-electron chi connectivity index (χ2n) is 11.9. The third-order valence-electron chi connectivity index (χ3n) is 9.48. The Morgan fingerprint density at radius 2 is 1.91 bits per heavy atom. The smallest absolute Gasteiger partial charge is 0.303 e. The summed E-state index contributed by atoms with van der Waals surface area (Å²) in [6, 6.07) is 0. The first-order chi connectivity index (χ1) is 14.9. The number of hydrogen-bond acceptors (Lipinski definition) is 2. The molecule has 0 amide bonds. The van der Waals surface area contributed by atoms with Crippen LogP contribution in [0.25, 0.3) is 0 Å². The minimum atomic E-state index is -0.696. The summed E-state index contributed by atoms with van der Waals surface area (Å²) in [6.07, 6.45) is 11.6. The van der Waals surface area contributed by atoms with Gasteiger partial charge in [-0.15, -0.1) is 0 Å². The number of rotatable bonds is 8. The van der Waals surface area contributed by atoms with E-state index in [1.54, 1.807) is 11.6 Å². The van der Waals surface area contributed by atoms with Crippen molar-refractivity contribution in [1.82, 2.24) is 0 Å². The number of aliphatic carboxylic acids is 1. The molecule has 0 saturated heterocycles. The highest BCUT2D eigenvalue weighted by Gasteiger charge is 2.57. The second kappa shape index (κ2) is 9.31. The lowest BCUT2D eigenvalue weighted by molar-refractivity contribution is -0.138. The quantitative estimate of drug-likeness (QED) is 0.316. The molecule has 0 aromatic carbocycles. The normalized spacial score (nSPS) is 37.0. The number of fused-ring (bicyclic) bond motifs is 3. The molecule has 0 heterocycles. The molecule has 0 aliphatic heterocycles. The summed E-state index contributed by atoms with van der Waals surface area (Å²) in [7, 11) is 0. The van der Waals surface area contributed by atoms with E-state index >= 15 is 0 Å². The molecule has 0 aromatic rings. The summed E-state index contributed by atoms with van der Waals surface area (Å²) in [6.45, 7) is 17.5.